The molecular weight excluding hydrogens is 1190 g/mol. The topological polar surface area (TPSA) is 237 Å². The van der Waals surface area contributed by atoms with E-state index in [9.17, 15) is 43.2 Å². The van der Waals surface area contributed by atoms with Crippen molar-refractivity contribution in [2.75, 3.05) is 39.6 Å². The predicted molar refractivity (Wildman–Crippen MR) is 363 cm³/mol. The summed E-state index contributed by atoms with van der Waals surface area (Å²) in [5.74, 6) is 0.819. The minimum absolute atomic E-state index is 0.101. The lowest BCUT2D eigenvalue weighted by molar-refractivity contribution is -0.161. The Morgan fingerprint density at radius 2 is 0.533 bits per heavy atom. The first-order valence-electron chi connectivity index (χ1n) is 36.7. The van der Waals surface area contributed by atoms with Crippen molar-refractivity contribution < 1.29 is 80.2 Å². The lowest BCUT2D eigenvalue weighted by Gasteiger charge is -2.21. The number of ether oxygens (including phenoxy) is 4. The molecular formula is C71H138O17P2. The van der Waals surface area contributed by atoms with Crippen molar-refractivity contribution in [2.45, 2.75) is 369 Å². The number of rotatable bonds is 68. The molecule has 0 bridgehead atoms. The Morgan fingerprint density at radius 3 is 0.789 bits per heavy atom. The highest BCUT2D eigenvalue weighted by Gasteiger charge is 2.30. The minimum atomic E-state index is -4.95. The number of hydrogen-bond acceptors (Lipinski definition) is 15. The summed E-state index contributed by atoms with van der Waals surface area (Å²) in [4.78, 5) is 72.5. The number of esters is 4. The van der Waals surface area contributed by atoms with Crippen LogP contribution in [0.15, 0.2) is 0 Å². The molecule has 3 N–H and O–H groups in total. The number of phosphoric acid groups is 2. The molecule has 0 aliphatic rings. The summed E-state index contributed by atoms with van der Waals surface area (Å²) in [6.45, 7) is 14.0. The third-order valence-electron chi connectivity index (χ3n) is 16.7. The van der Waals surface area contributed by atoms with E-state index in [1.807, 2.05) is 0 Å². The second-order valence-corrected chi connectivity index (χ2v) is 30.2. The largest absolute Gasteiger partial charge is 0.472 e. The van der Waals surface area contributed by atoms with Gasteiger partial charge in [0.25, 0.3) is 0 Å². The molecule has 0 aromatic carbocycles. The average Bonchev–Trinajstić information content (AvgIpc) is 3.70. The first-order chi connectivity index (χ1) is 43.1. The second-order valence-electron chi connectivity index (χ2n) is 27.3. The number of aliphatic hydroxyl groups is 1. The summed E-state index contributed by atoms with van der Waals surface area (Å²) in [6.07, 6.45) is 43.4. The van der Waals surface area contributed by atoms with Crippen molar-refractivity contribution >= 4 is 39.5 Å². The van der Waals surface area contributed by atoms with Gasteiger partial charge in [-0.2, -0.15) is 0 Å². The maximum atomic E-state index is 13.0. The highest BCUT2D eigenvalue weighted by atomic mass is 31.2. The van der Waals surface area contributed by atoms with Gasteiger partial charge in [0.05, 0.1) is 26.4 Å². The van der Waals surface area contributed by atoms with Crippen LogP contribution in [0.5, 0.6) is 0 Å². The van der Waals surface area contributed by atoms with Gasteiger partial charge in [0.2, 0.25) is 0 Å². The van der Waals surface area contributed by atoms with Gasteiger partial charge in [0.1, 0.15) is 19.3 Å². The molecule has 534 valence electrons. The number of carbonyl (C=O) groups excluding carboxylic acids is 4. The van der Waals surface area contributed by atoms with Gasteiger partial charge in [0, 0.05) is 25.7 Å². The quantitative estimate of drug-likeness (QED) is 0.0222. The highest BCUT2D eigenvalue weighted by Crippen LogP contribution is 2.45. The molecule has 0 rings (SSSR count). The van der Waals surface area contributed by atoms with Crippen molar-refractivity contribution in [1.82, 2.24) is 0 Å². The summed E-state index contributed by atoms with van der Waals surface area (Å²) < 4.78 is 68.2. The minimum Gasteiger partial charge on any atom is -0.462 e. The zero-order chi connectivity index (χ0) is 66.8. The maximum absolute atomic E-state index is 13.0. The second kappa shape index (κ2) is 60.7. The van der Waals surface area contributed by atoms with E-state index in [1.54, 1.807) is 0 Å². The van der Waals surface area contributed by atoms with Crippen molar-refractivity contribution in [3.8, 4) is 0 Å². The first-order valence-corrected chi connectivity index (χ1v) is 39.7. The summed E-state index contributed by atoms with van der Waals surface area (Å²) in [5, 5.41) is 10.6. The van der Waals surface area contributed by atoms with E-state index in [2.05, 4.69) is 55.4 Å². The van der Waals surface area contributed by atoms with E-state index in [1.165, 1.54) is 148 Å². The van der Waals surface area contributed by atoms with Gasteiger partial charge < -0.3 is 33.8 Å². The lowest BCUT2D eigenvalue weighted by Crippen LogP contribution is -2.30. The van der Waals surface area contributed by atoms with Gasteiger partial charge in [0.15, 0.2) is 12.2 Å². The summed E-state index contributed by atoms with van der Waals surface area (Å²) in [6, 6.07) is 0. The van der Waals surface area contributed by atoms with Crippen LogP contribution < -0.4 is 0 Å². The molecule has 3 unspecified atom stereocenters. The molecule has 17 nitrogen and oxygen atoms in total. The number of carbonyl (C=O) groups is 4. The van der Waals surface area contributed by atoms with Crippen molar-refractivity contribution in [3.63, 3.8) is 0 Å². The predicted octanol–water partition coefficient (Wildman–Crippen LogP) is 20.1. The molecule has 0 amide bonds. The van der Waals surface area contributed by atoms with Crippen LogP contribution in [0.1, 0.15) is 351 Å². The van der Waals surface area contributed by atoms with E-state index in [4.69, 9.17) is 37.0 Å². The van der Waals surface area contributed by atoms with E-state index in [0.29, 0.717) is 31.6 Å². The molecule has 0 aliphatic carbocycles. The number of unbranched alkanes of at least 4 members (excludes halogenated alkanes) is 33. The van der Waals surface area contributed by atoms with Crippen molar-refractivity contribution in [1.29, 1.82) is 0 Å². The Bertz CT molecular complexity index is 1780. The third-order valence-corrected chi connectivity index (χ3v) is 18.6. The smallest absolute Gasteiger partial charge is 0.462 e. The number of aliphatic hydroxyl groups excluding tert-OH is 1. The molecule has 0 spiro atoms. The Balaban J connectivity index is 5.19. The summed E-state index contributed by atoms with van der Waals surface area (Å²) in [5.41, 5.74) is 0. The van der Waals surface area contributed by atoms with Crippen LogP contribution in [0.3, 0.4) is 0 Å². The van der Waals surface area contributed by atoms with Gasteiger partial charge in [-0.05, 0) is 49.4 Å². The number of phosphoric ester groups is 2. The Labute approximate surface area is 549 Å². The van der Waals surface area contributed by atoms with Crippen LogP contribution in [0.2, 0.25) is 0 Å². The molecule has 90 heavy (non-hydrogen) atoms. The van der Waals surface area contributed by atoms with Crippen LogP contribution in [-0.2, 0) is 65.4 Å². The van der Waals surface area contributed by atoms with Gasteiger partial charge in [-0.3, -0.25) is 37.3 Å². The Hall–Kier alpha value is -1.94. The Morgan fingerprint density at radius 1 is 0.311 bits per heavy atom. The molecule has 0 aromatic heterocycles. The van der Waals surface area contributed by atoms with Gasteiger partial charge in [-0.25, -0.2) is 9.13 Å². The Kier molecular flexibility index (Phi) is 59.4. The molecule has 0 aliphatic heterocycles. The molecule has 0 heterocycles. The van der Waals surface area contributed by atoms with E-state index in [0.717, 1.165) is 114 Å². The summed E-state index contributed by atoms with van der Waals surface area (Å²) >= 11 is 0. The SMILES string of the molecule is CCC(C)CCCCCCCCC(=O)OC[C@H](COP(=O)(O)OC[C@H](O)COP(=O)(O)OC[C@@H](COC(=O)CCCCCCCCCCCC(C)C)OC(=O)CCCCCCCCC(C)C)OC(=O)CCCCCCCCCCCCCCCCCCC(C)C. The maximum Gasteiger partial charge on any atom is 0.472 e. The van der Waals surface area contributed by atoms with Crippen molar-refractivity contribution in [2.24, 2.45) is 23.7 Å². The molecule has 0 fully saturated rings. The van der Waals surface area contributed by atoms with Gasteiger partial charge >= 0.3 is 39.5 Å². The normalized spacial score (nSPS) is 14.6. The molecule has 0 saturated heterocycles. The third kappa shape index (κ3) is 63.5. The fourth-order valence-corrected chi connectivity index (χ4v) is 12.2. The van der Waals surface area contributed by atoms with E-state index < -0.39 is 97.5 Å². The van der Waals surface area contributed by atoms with Crippen LogP contribution in [0, 0.1) is 23.7 Å². The first kappa shape index (κ1) is 88.1. The van der Waals surface area contributed by atoms with E-state index >= 15 is 0 Å². The van der Waals surface area contributed by atoms with Gasteiger partial charge in [-0.1, -0.05) is 299 Å². The van der Waals surface area contributed by atoms with E-state index in [-0.39, 0.29) is 25.7 Å². The number of hydrogen-bond donors (Lipinski definition) is 3. The van der Waals surface area contributed by atoms with Crippen LogP contribution in [0.25, 0.3) is 0 Å². The highest BCUT2D eigenvalue weighted by molar-refractivity contribution is 7.47. The zero-order valence-corrected chi connectivity index (χ0v) is 60.6. The van der Waals surface area contributed by atoms with Crippen LogP contribution in [0.4, 0.5) is 0 Å². The molecule has 0 radical (unpaired) electrons. The fraction of sp³-hybridized carbons (Fsp3) is 0.944. The average molecular weight is 1330 g/mol. The van der Waals surface area contributed by atoms with Crippen LogP contribution >= 0.6 is 15.6 Å². The monoisotopic (exact) mass is 1320 g/mol. The molecule has 0 saturated carbocycles. The van der Waals surface area contributed by atoms with Crippen molar-refractivity contribution in [3.05, 3.63) is 0 Å². The van der Waals surface area contributed by atoms with Gasteiger partial charge in [-0.15, -0.1) is 0 Å². The zero-order valence-electron chi connectivity index (χ0n) is 58.8. The van der Waals surface area contributed by atoms with Crippen LogP contribution in [-0.4, -0.2) is 96.7 Å². The molecule has 6 atom stereocenters. The summed E-state index contributed by atoms with van der Waals surface area (Å²) in [7, 11) is -9.90. The fourth-order valence-electron chi connectivity index (χ4n) is 10.6. The molecule has 0 aromatic rings. The lowest BCUT2D eigenvalue weighted by atomic mass is 10.00. The molecule has 19 heteroatoms. The standard InChI is InChI=1S/C71H138O17P2/c1-9-64(8)50-42-34-28-30-36-44-52-69(74)82-58-66(87-70(75)53-45-37-26-21-17-15-13-11-10-12-14-16-19-23-31-39-47-61(2)3)59-85-89(77,78)83-55-65(72)56-84-90(79,80)86-60-67(88-71(76)54-46-38-29-27-33-41-49-63(6)7)57-81-68(73)51-43-35-25-22-18-20-24-32-40-48-62(4)5/h61-67,72H,9-60H2,1-8H3,(H,77,78)(H,79,80)/t64?,65-,66+,67+/m0/s1.